The summed E-state index contributed by atoms with van der Waals surface area (Å²) >= 11 is 0. The van der Waals surface area contributed by atoms with Gasteiger partial charge in [-0.05, 0) is 34.6 Å². The second-order valence-electron chi connectivity index (χ2n) is 5.11. The van der Waals surface area contributed by atoms with E-state index in [1.807, 2.05) is 25.7 Å². The van der Waals surface area contributed by atoms with Gasteiger partial charge >= 0.3 is 0 Å². The fraction of sp³-hybridized carbons (Fsp3) is 0.923. The molecule has 0 radical (unpaired) electrons. The lowest BCUT2D eigenvalue weighted by Gasteiger charge is -2.40. The van der Waals surface area contributed by atoms with Gasteiger partial charge in [-0.3, -0.25) is 9.69 Å². The standard InChI is InChI=1S/C13H27N3O/c1-6-15(7-2)13(17)12(5)16-8-10(3)14-11(4)9-16/h10-12,14H,6-9H2,1-5H3. The Morgan fingerprint density at radius 2 is 1.76 bits per heavy atom. The molecule has 4 nitrogen and oxygen atoms in total. The minimum absolute atomic E-state index is 0.00176. The van der Waals surface area contributed by atoms with Crippen LogP contribution in [0.25, 0.3) is 0 Å². The Bertz CT molecular complexity index is 243. The highest BCUT2D eigenvalue weighted by Crippen LogP contribution is 2.10. The Hall–Kier alpha value is -0.610. The molecule has 1 fully saturated rings. The van der Waals surface area contributed by atoms with Crippen LogP contribution in [-0.4, -0.2) is 60.0 Å². The molecule has 3 unspecified atom stereocenters. The van der Waals surface area contributed by atoms with Gasteiger partial charge in [0.05, 0.1) is 6.04 Å². The average Bonchev–Trinajstić information content (AvgIpc) is 2.28. The smallest absolute Gasteiger partial charge is 0.239 e. The number of rotatable bonds is 4. The summed E-state index contributed by atoms with van der Waals surface area (Å²) in [7, 11) is 0. The third kappa shape index (κ3) is 3.68. The highest BCUT2D eigenvalue weighted by Gasteiger charge is 2.29. The van der Waals surface area contributed by atoms with E-state index in [0.717, 1.165) is 26.2 Å². The maximum atomic E-state index is 12.3. The van der Waals surface area contributed by atoms with Gasteiger partial charge in [-0.25, -0.2) is 0 Å². The highest BCUT2D eigenvalue weighted by molar-refractivity contribution is 5.81. The van der Waals surface area contributed by atoms with Crippen molar-refractivity contribution >= 4 is 5.91 Å². The van der Waals surface area contributed by atoms with E-state index in [1.54, 1.807) is 0 Å². The van der Waals surface area contributed by atoms with Crippen molar-refractivity contribution in [3.8, 4) is 0 Å². The van der Waals surface area contributed by atoms with Crippen LogP contribution in [0.5, 0.6) is 0 Å². The lowest BCUT2D eigenvalue weighted by molar-refractivity contribution is -0.136. The Morgan fingerprint density at radius 3 is 2.18 bits per heavy atom. The molecule has 1 heterocycles. The minimum Gasteiger partial charge on any atom is -0.342 e. The number of carbonyl (C=O) groups excluding carboxylic acids is 1. The van der Waals surface area contributed by atoms with E-state index in [4.69, 9.17) is 0 Å². The molecule has 0 bridgehead atoms. The van der Waals surface area contributed by atoms with Crippen molar-refractivity contribution in [3.05, 3.63) is 0 Å². The predicted octanol–water partition coefficient (Wildman–Crippen LogP) is 0.926. The maximum Gasteiger partial charge on any atom is 0.239 e. The molecule has 0 spiro atoms. The number of likely N-dealkylation sites (N-methyl/N-ethyl adjacent to an activating group) is 1. The first-order valence-electron chi connectivity index (χ1n) is 6.78. The number of hydrogen-bond acceptors (Lipinski definition) is 3. The fourth-order valence-electron chi connectivity index (χ4n) is 2.64. The molecule has 0 aromatic carbocycles. The first-order valence-corrected chi connectivity index (χ1v) is 6.78. The van der Waals surface area contributed by atoms with Crippen LogP contribution in [0.4, 0.5) is 0 Å². The highest BCUT2D eigenvalue weighted by atomic mass is 16.2. The summed E-state index contributed by atoms with van der Waals surface area (Å²) < 4.78 is 0. The van der Waals surface area contributed by atoms with Crippen LogP contribution in [0.15, 0.2) is 0 Å². The van der Waals surface area contributed by atoms with Crippen LogP contribution in [-0.2, 0) is 4.79 Å². The van der Waals surface area contributed by atoms with E-state index in [9.17, 15) is 4.79 Å². The maximum absolute atomic E-state index is 12.3. The van der Waals surface area contributed by atoms with Gasteiger partial charge in [-0.15, -0.1) is 0 Å². The average molecular weight is 241 g/mol. The summed E-state index contributed by atoms with van der Waals surface area (Å²) in [6, 6.07) is 0.929. The number of carbonyl (C=O) groups is 1. The van der Waals surface area contributed by atoms with Gasteiger partial charge in [0, 0.05) is 38.3 Å². The van der Waals surface area contributed by atoms with Gasteiger partial charge in [0.25, 0.3) is 0 Å². The Morgan fingerprint density at radius 1 is 1.29 bits per heavy atom. The Kier molecular flexibility index (Phi) is 5.40. The molecule has 4 heteroatoms. The van der Waals surface area contributed by atoms with Gasteiger partial charge in [0.15, 0.2) is 0 Å². The molecule has 1 saturated heterocycles. The van der Waals surface area contributed by atoms with Crippen LogP contribution in [0.2, 0.25) is 0 Å². The monoisotopic (exact) mass is 241 g/mol. The molecule has 1 amide bonds. The van der Waals surface area contributed by atoms with E-state index in [1.165, 1.54) is 0 Å². The molecule has 100 valence electrons. The molecule has 1 N–H and O–H groups in total. The number of amides is 1. The molecule has 0 aromatic rings. The summed E-state index contributed by atoms with van der Waals surface area (Å²) in [5.41, 5.74) is 0. The fourth-order valence-corrected chi connectivity index (χ4v) is 2.64. The molecule has 1 aliphatic heterocycles. The molecule has 0 saturated carbocycles. The molecular formula is C13H27N3O. The van der Waals surface area contributed by atoms with Crippen LogP contribution >= 0.6 is 0 Å². The van der Waals surface area contributed by atoms with E-state index < -0.39 is 0 Å². The van der Waals surface area contributed by atoms with Crippen molar-refractivity contribution in [2.45, 2.75) is 52.7 Å². The topological polar surface area (TPSA) is 35.6 Å². The zero-order chi connectivity index (χ0) is 13.0. The van der Waals surface area contributed by atoms with Crippen LogP contribution in [0.1, 0.15) is 34.6 Å². The second-order valence-corrected chi connectivity index (χ2v) is 5.11. The minimum atomic E-state index is 0.00176. The lowest BCUT2D eigenvalue weighted by Crippen LogP contribution is -2.59. The van der Waals surface area contributed by atoms with Crippen molar-refractivity contribution in [2.24, 2.45) is 0 Å². The molecule has 1 aliphatic rings. The van der Waals surface area contributed by atoms with E-state index >= 15 is 0 Å². The van der Waals surface area contributed by atoms with Crippen LogP contribution < -0.4 is 5.32 Å². The van der Waals surface area contributed by atoms with E-state index in [-0.39, 0.29) is 11.9 Å². The van der Waals surface area contributed by atoms with E-state index in [2.05, 4.69) is 24.1 Å². The van der Waals surface area contributed by atoms with Crippen LogP contribution in [0.3, 0.4) is 0 Å². The Balaban J connectivity index is 2.62. The Labute approximate surface area is 105 Å². The summed E-state index contributed by atoms with van der Waals surface area (Å²) in [5.74, 6) is 0.260. The number of nitrogens with one attached hydrogen (secondary N) is 1. The molecule has 0 aromatic heterocycles. The largest absolute Gasteiger partial charge is 0.342 e. The van der Waals surface area contributed by atoms with Crippen molar-refractivity contribution in [2.75, 3.05) is 26.2 Å². The third-order valence-electron chi connectivity index (χ3n) is 3.57. The van der Waals surface area contributed by atoms with Gasteiger partial charge in [0.1, 0.15) is 0 Å². The zero-order valence-electron chi connectivity index (χ0n) is 11.9. The van der Waals surface area contributed by atoms with Crippen LogP contribution in [0, 0.1) is 0 Å². The van der Waals surface area contributed by atoms with Crippen molar-refractivity contribution in [1.82, 2.24) is 15.1 Å². The summed E-state index contributed by atoms with van der Waals surface area (Å²) in [6.45, 7) is 14.0. The molecule has 0 aliphatic carbocycles. The predicted molar refractivity (Wildman–Crippen MR) is 71.0 cm³/mol. The van der Waals surface area contributed by atoms with E-state index in [0.29, 0.717) is 12.1 Å². The van der Waals surface area contributed by atoms with Crippen molar-refractivity contribution < 1.29 is 4.79 Å². The summed E-state index contributed by atoms with van der Waals surface area (Å²) in [4.78, 5) is 16.5. The first-order chi connectivity index (χ1) is 7.99. The quantitative estimate of drug-likeness (QED) is 0.795. The zero-order valence-corrected chi connectivity index (χ0v) is 11.9. The number of piperazine rings is 1. The molecule has 1 rings (SSSR count). The first kappa shape index (κ1) is 14.5. The normalized spacial score (nSPS) is 27.8. The summed E-state index contributed by atoms with van der Waals surface area (Å²) in [5, 5.41) is 3.49. The van der Waals surface area contributed by atoms with Gasteiger partial charge in [0.2, 0.25) is 5.91 Å². The molecule has 17 heavy (non-hydrogen) atoms. The molecular weight excluding hydrogens is 214 g/mol. The van der Waals surface area contributed by atoms with Gasteiger partial charge in [-0.2, -0.15) is 0 Å². The number of hydrogen-bond donors (Lipinski definition) is 1. The third-order valence-corrected chi connectivity index (χ3v) is 3.57. The SMILES string of the molecule is CCN(CC)C(=O)C(C)N1CC(C)NC(C)C1. The van der Waals surface area contributed by atoms with Gasteiger partial charge in [-0.1, -0.05) is 0 Å². The number of nitrogens with zero attached hydrogens (tertiary/aromatic N) is 2. The molecule has 3 atom stereocenters. The van der Waals surface area contributed by atoms with Crippen molar-refractivity contribution in [3.63, 3.8) is 0 Å². The summed E-state index contributed by atoms with van der Waals surface area (Å²) in [6.07, 6.45) is 0. The lowest BCUT2D eigenvalue weighted by atomic mass is 10.1. The second kappa shape index (κ2) is 6.36. The van der Waals surface area contributed by atoms with Crippen molar-refractivity contribution in [1.29, 1.82) is 0 Å². The van der Waals surface area contributed by atoms with Gasteiger partial charge < -0.3 is 10.2 Å².